The lowest BCUT2D eigenvalue weighted by Gasteiger charge is -2.32. The molecule has 2 fully saturated rings. The Morgan fingerprint density at radius 3 is 2.74 bits per heavy atom. The Bertz CT molecular complexity index is 698. The first-order valence-electron chi connectivity index (χ1n) is 8.08. The summed E-state index contributed by atoms with van der Waals surface area (Å²) in [4.78, 5) is 38.0. The summed E-state index contributed by atoms with van der Waals surface area (Å²) < 4.78 is 0. The van der Waals surface area contributed by atoms with E-state index in [4.69, 9.17) is 0 Å². The first kappa shape index (κ1) is 14.2. The van der Waals surface area contributed by atoms with E-state index in [0.29, 0.717) is 12.8 Å². The molecule has 2 aliphatic carbocycles. The number of fused-ring (bicyclic) bond motifs is 1. The minimum absolute atomic E-state index is 0.190. The highest BCUT2D eigenvalue weighted by atomic mass is 16.2. The smallest absolute Gasteiger partial charge is 0.325 e. The van der Waals surface area contributed by atoms with Crippen molar-refractivity contribution >= 4 is 17.8 Å². The second-order valence-corrected chi connectivity index (χ2v) is 6.69. The zero-order valence-electron chi connectivity index (χ0n) is 12.8. The van der Waals surface area contributed by atoms with Crippen LogP contribution in [0.1, 0.15) is 30.4 Å². The number of carbonyl (C=O) groups is 3. The van der Waals surface area contributed by atoms with E-state index in [-0.39, 0.29) is 24.4 Å². The Kier molecular flexibility index (Phi) is 3.14. The summed E-state index contributed by atoms with van der Waals surface area (Å²) in [5, 5.41) is 5.66. The molecule has 6 heteroatoms. The molecule has 0 radical (unpaired) electrons. The normalized spacial score (nSPS) is 26.2. The monoisotopic (exact) mass is 313 g/mol. The van der Waals surface area contributed by atoms with Gasteiger partial charge in [-0.05, 0) is 36.8 Å². The molecule has 4 rings (SSSR count). The molecular weight excluding hydrogens is 294 g/mol. The number of aryl methyl sites for hydroxylation is 1. The van der Waals surface area contributed by atoms with Crippen LogP contribution in [0.3, 0.4) is 0 Å². The van der Waals surface area contributed by atoms with E-state index in [2.05, 4.69) is 16.7 Å². The number of nitrogens with zero attached hydrogens (tertiary/aromatic N) is 1. The predicted molar refractivity (Wildman–Crippen MR) is 82.6 cm³/mol. The first-order valence-corrected chi connectivity index (χ1v) is 8.08. The van der Waals surface area contributed by atoms with Gasteiger partial charge in [0, 0.05) is 12.5 Å². The summed E-state index contributed by atoms with van der Waals surface area (Å²) in [6, 6.07) is 7.75. The van der Waals surface area contributed by atoms with Crippen molar-refractivity contribution in [1.82, 2.24) is 15.5 Å². The number of urea groups is 1. The van der Waals surface area contributed by atoms with Gasteiger partial charge in [-0.2, -0.15) is 0 Å². The fourth-order valence-corrected chi connectivity index (χ4v) is 3.49. The summed E-state index contributed by atoms with van der Waals surface area (Å²) in [6.45, 7) is -0.190. The van der Waals surface area contributed by atoms with Crippen LogP contribution in [-0.4, -0.2) is 40.9 Å². The number of benzene rings is 1. The Labute approximate surface area is 134 Å². The number of carbonyl (C=O) groups excluding carboxylic acids is 3. The third-order valence-corrected chi connectivity index (χ3v) is 4.92. The van der Waals surface area contributed by atoms with Gasteiger partial charge in [0.25, 0.3) is 5.91 Å². The van der Waals surface area contributed by atoms with Gasteiger partial charge < -0.3 is 10.6 Å². The van der Waals surface area contributed by atoms with Crippen LogP contribution in [0.25, 0.3) is 0 Å². The molecule has 1 atom stereocenters. The van der Waals surface area contributed by atoms with Gasteiger partial charge in [-0.25, -0.2) is 4.79 Å². The SMILES string of the molecule is O=C(CN1C(=O)N[C@]2(CCc3ccccc3C2)C1=O)NC1CC1. The Morgan fingerprint density at radius 2 is 2.00 bits per heavy atom. The number of hydrogen-bond acceptors (Lipinski definition) is 3. The van der Waals surface area contributed by atoms with Gasteiger partial charge in [0.2, 0.25) is 5.91 Å². The number of amides is 4. The second kappa shape index (κ2) is 5.08. The molecule has 0 aromatic heterocycles. The van der Waals surface area contributed by atoms with Crippen LogP contribution in [-0.2, 0) is 22.4 Å². The molecule has 4 amide bonds. The van der Waals surface area contributed by atoms with Crippen LogP contribution >= 0.6 is 0 Å². The molecule has 1 saturated carbocycles. The topological polar surface area (TPSA) is 78.5 Å². The molecule has 1 spiro atoms. The van der Waals surface area contributed by atoms with Crippen molar-refractivity contribution in [1.29, 1.82) is 0 Å². The van der Waals surface area contributed by atoms with E-state index >= 15 is 0 Å². The van der Waals surface area contributed by atoms with Crippen molar-refractivity contribution < 1.29 is 14.4 Å². The molecule has 2 N–H and O–H groups in total. The average Bonchev–Trinajstić information content (AvgIpc) is 3.32. The van der Waals surface area contributed by atoms with Gasteiger partial charge in [-0.3, -0.25) is 14.5 Å². The predicted octanol–water partition coefficient (Wildman–Crippen LogP) is 0.744. The first-order chi connectivity index (χ1) is 11.1. The summed E-state index contributed by atoms with van der Waals surface area (Å²) in [6.07, 6.45) is 3.79. The van der Waals surface area contributed by atoms with Gasteiger partial charge in [-0.1, -0.05) is 24.3 Å². The molecule has 1 aromatic rings. The zero-order chi connectivity index (χ0) is 16.0. The molecule has 23 heavy (non-hydrogen) atoms. The van der Waals surface area contributed by atoms with Crippen LogP contribution in [0.5, 0.6) is 0 Å². The van der Waals surface area contributed by atoms with Crippen molar-refractivity contribution in [2.45, 2.75) is 43.7 Å². The fourth-order valence-electron chi connectivity index (χ4n) is 3.49. The van der Waals surface area contributed by atoms with E-state index in [1.807, 2.05) is 18.2 Å². The minimum Gasteiger partial charge on any atom is -0.352 e. The van der Waals surface area contributed by atoms with Crippen LogP contribution in [0, 0.1) is 0 Å². The minimum atomic E-state index is -0.884. The maximum absolute atomic E-state index is 12.8. The standard InChI is InChI=1S/C17H19N3O3/c21-14(18-13-5-6-13)10-20-15(22)17(19-16(20)23)8-7-11-3-1-2-4-12(11)9-17/h1-4,13H,5-10H2,(H,18,21)(H,19,23)/t17-/m0/s1. The molecule has 1 heterocycles. The molecular formula is C17H19N3O3. The lowest BCUT2D eigenvalue weighted by atomic mass is 9.78. The van der Waals surface area contributed by atoms with Gasteiger partial charge >= 0.3 is 6.03 Å². The highest BCUT2D eigenvalue weighted by Crippen LogP contribution is 2.33. The van der Waals surface area contributed by atoms with Crippen LogP contribution in [0.15, 0.2) is 24.3 Å². The Hall–Kier alpha value is -2.37. The summed E-state index contributed by atoms with van der Waals surface area (Å²) >= 11 is 0. The largest absolute Gasteiger partial charge is 0.352 e. The number of hydrogen-bond donors (Lipinski definition) is 2. The molecule has 0 unspecified atom stereocenters. The quantitative estimate of drug-likeness (QED) is 0.808. The average molecular weight is 313 g/mol. The van der Waals surface area contributed by atoms with E-state index < -0.39 is 11.6 Å². The third-order valence-electron chi connectivity index (χ3n) is 4.92. The van der Waals surface area contributed by atoms with E-state index in [9.17, 15) is 14.4 Å². The van der Waals surface area contributed by atoms with Gasteiger partial charge in [0.1, 0.15) is 12.1 Å². The maximum atomic E-state index is 12.8. The van der Waals surface area contributed by atoms with Gasteiger partial charge in [0.15, 0.2) is 0 Å². The highest BCUT2D eigenvalue weighted by molar-refractivity contribution is 6.09. The van der Waals surface area contributed by atoms with E-state index in [0.717, 1.165) is 29.7 Å². The maximum Gasteiger partial charge on any atom is 0.325 e. The van der Waals surface area contributed by atoms with E-state index in [1.165, 1.54) is 5.56 Å². The van der Waals surface area contributed by atoms with Crippen LogP contribution in [0.4, 0.5) is 4.79 Å². The number of rotatable bonds is 3. The molecule has 120 valence electrons. The highest BCUT2D eigenvalue weighted by Gasteiger charge is 2.52. The van der Waals surface area contributed by atoms with Gasteiger partial charge in [-0.15, -0.1) is 0 Å². The molecule has 6 nitrogen and oxygen atoms in total. The lowest BCUT2D eigenvalue weighted by Crippen LogP contribution is -2.51. The van der Waals surface area contributed by atoms with Crippen molar-refractivity contribution in [3.63, 3.8) is 0 Å². The van der Waals surface area contributed by atoms with Crippen molar-refractivity contribution in [3.05, 3.63) is 35.4 Å². The van der Waals surface area contributed by atoms with Gasteiger partial charge in [0.05, 0.1) is 0 Å². The van der Waals surface area contributed by atoms with Crippen molar-refractivity contribution in [2.24, 2.45) is 0 Å². The number of imide groups is 1. The zero-order valence-corrected chi connectivity index (χ0v) is 12.8. The lowest BCUT2D eigenvalue weighted by molar-refractivity contribution is -0.135. The summed E-state index contributed by atoms with van der Waals surface area (Å²) in [5.41, 5.74) is 1.44. The Morgan fingerprint density at radius 1 is 1.26 bits per heavy atom. The molecule has 3 aliphatic rings. The third kappa shape index (κ3) is 2.48. The Balaban J connectivity index is 1.52. The molecule has 1 aliphatic heterocycles. The fraction of sp³-hybridized carbons (Fsp3) is 0.471. The summed E-state index contributed by atoms with van der Waals surface area (Å²) in [5.74, 6) is -0.535. The van der Waals surface area contributed by atoms with Crippen molar-refractivity contribution in [2.75, 3.05) is 6.54 Å². The van der Waals surface area contributed by atoms with Crippen LogP contribution in [0.2, 0.25) is 0 Å². The molecule has 1 aromatic carbocycles. The molecule has 1 saturated heterocycles. The van der Waals surface area contributed by atoms with Crippen LogP contribution < -0.4 is 10.6 Å². The molecule has 0 bridgehead atoms. The van der Waals surface area contributed by atoms with E-state index in [1.54, 1.807) is 0 Å². The van der Waals surface area contributed by atoms with Crippen molar-refractivity contribution in [3.8, 4) is 0 Å². The second-order valence-electron chi connectivity index (χ2n) is 6.69. The number of nitrogens with one attached hydrogen (secondary N) is 2. The summed E-state index contributed by atoms with van der Waals surface area (Å²) in [7, 11) is 0.